The van der Waals surface area contributed by atoms with E-state index >= 15 is 0 Å². The molecule has 1 aromatic rings. The molecule has 17 heavy (non-hydrogen) atoms. The van der Waals surface area contributed by atoms with Crippen LogP contribution in [0.1, 0.15) is 12.7 Å². The van der Waals surface area contributed by atoms with E-state index in [9.17, 15) is 8.42 Å². The first-order valence-electron chi connectivity index (χ1n) is 5.45. The van der Waals surface area contributed by atoms with Gasteiger partial charge in [-0.1, -0.05) is 6.92 Å². The molecule has 0 saturated heterocycles. The van der Waals surface area contributed by atoms with Crippen molar-refractivity contribution in [1.29, 1.82) is 0 Å². The Labute approximate surface area is 102 Å². The van der Waals surface area contributed by atoms with Crippen LogP contribution in [0.5, 0.6) is 0 Å². The Morgan fingerprint density at radius 3 is 2.59 bits per heavy atom. The predicted octanol–water partition coefficient (Wildman–Crippen LogP) is -0.0562. The third-order valence-electron chi connectivity index (χ3n) is 2.73. The summed E-state index contributed by atoms with van der Waals surface area (Å²) in [4.78, 5) is 4.04. The van der Waals surface area contributed by atoms with Gasteiger partial charge in [-0.15, -0.1) is 0 Å². The van der Waals surface area contributed by atoms with Gasteiger partial charge in [0.05, 0.1) is 0 Å². The minimum Gasteiger partial charge on any atom is -0.337 e. The van der Waals surface area contributed by atoms with Gasteiger partial charge in [-0.05, 0) is 19.4 Å². The fourth-order valence-corrected chi connectivity index (χ4v) is 2.73. The molecule has 0 spiro atoms. The molecule has 1 atom stereocenters. The molecule has 7 heteroatoms. The van der Waals surface area contributed by atoms with Gasteiger partial charge in [0.2, 0.25) is 0 Å². The maximum atomic E-state index is 12.2. The van der Waals surface area contributed by atoms with Gasteiger partial charge in [0.15, 0.2) is 5.03 Å². The number of sulfonamides is 1. The Morgan fingerprint density at radius 2 is 2.18 bits per heavy atom. The first kappa shape index (κ1) is 14.1. The van der Waals surface area contributed by atoms with Gasteiger partial charge in [0, 0.05) is 26.8 Å². The van der Waals surface area contributed by atoms with E-state index in [-0.39, 0.29) is 10.9 Å². The molecule has 0 aliphatic rings. The second-order valence-electron chi connectivity index (χ2n) is 4.36. The van der Waals surface area contributed by atoms with Crippen LogP contribution in [0.3, 0.4) is 0 Å². The third kappa shape index (κ3) is 3.05. The summed E-state index contributed by atoms with van der Waals surface area (Å²) in [5.41, 5.74) is 5.49. The van der Waals surface area contributed by atoms with Crippen LogP contribution in [0.4, 0.5) is 0 Å². The molecular weight excluding hydrogens is 240 g/mol. The summed E-state index contributed by atoms with van der Waals surface area (Å²) in [5.74, 6) is 0.795. The second-order valence-corrected chi connectivity index (χ2v) is 6.36. The van der Waals surface area contributed by atoms with Crippen LogP contribution < -0.4 is 5.73 Å². The highest BCUT2D eigenvalue weighted by Gasteiger charge is 2.25. The van der Waals surface area contributed by atoms with E-state index in [2.05, 4.69) is 4.98 Å². The molecule has 0 bridgehead atoms. The zero-order chi connectivity index (χ0) is 13.2. The summed E-state index contributed by atoms with van der Waals surface area (Å²) in [7, 11) is -0.185. The Morgan fingerprint density at radius 1 is 1.59 bits per heavy atom. The van der Waals surface area contributed by atoms with Crippen molar-refractivity contribution >= 4 is 10.0 Å². The zero-order valence-electron chi connectivity index (χ0n) is 10.7. The molecule has 0 aliphatic carbocycles. The molecule has 0 saturated carbocycles. The Kier molecular flexibility index (Phi) is 4.29. The Hall–Kier alpha value is -0.920. The number of hydrogen-bond donors (Lipinski definition) is 1. The van der Waals surface area contributed by atoms with Gasteiger partial charge in [-0.3, -0.25) is 0 Å². The summed E-state index contributed by atoms with van der Waals surface area (Å²) < 4.78 is 27.3. The van der Waals surface area contributed by atoms with Crippen molar-refractivity contribution in [2.75, 3.05) is 20.1 Å². The zero-order valence-corrected chi connectivity index (χ0v) is 11.5. The van der Waals surface area contributed by atoms with E-state index in [1.807, 2.05) is 6.92 Å². The van der Waals surface area contributed by atoms with Gasteiger partial charge in [-0.2, -0.15) is 4.31 Å². The number of aromatic nitrogens is 2. The van der Waals surface area contributed by atoms with Crippen LogP contribution in [0.25, 0.3) is 0 Å². The minimum absolute atomic E-state index is 0.0872. The van der Waals surface area contributed by atoms with Crippen molar-refractivity contribution in [2.24, 2.45) is 18.7 Å². The number of nitrogens with zero attached hydrogens (tertiary/aromatic N) is 3. The number of aryl methyl sites for hydroxylation is 2. The standard InChI is InChI=1S/C10H20N4O2S/c1-8(5-11)6-14(4)17(15,16)10-7-13(3)9(2)12-10/h7-8H,5-6,11H2,1-4H3. The molecule has 1 aromatic heterocycles. The van der Waals surface area contributed by atoms with E-state index in [4.69, 9.17) is 5.73 Å². The molecule has 0 fully saturated rings. The van der Waals surface area contributed by atoms with Gasteiger partial charge >= 0.3 is 0 Å². The van der Waals surface area contributed by atoms with Crippen molar-refractivity contribution in [3.05, 3.63) is 12.0 Å². The predicted molar refractivity (Wildman–Crippen MR) is 66.0 cm³/mol. The molecule has 0 amide bonds. The smallest absolute Gasteiger partial charge is 0.261 e. The molecule has 6 nitrogen and oxygen atoms in total. The quantitative estimate of drug-likeness (QED) is 0.804. The average molecular weight is 260 g/mol. The molecule has 1 unspecified atom stereocenters. The van der Waals surface area contributed by atoms with E-state index in [0.717, 1.165) is 0 Å². The largest absolute Gasteiger partial charge is 0.337 e. The van der Waals surface area contributed by atoms with Crippen LogP contribution in [-0.4, -0.2) is 42.4 Å². The van der Waals surface area contributed by atoms with Crippen LogP contribution in [0.2, 0.25) is 0 Å². The molecule has 0 aromatic carbocycles. The summed E-state index contributed by atoms with van der Waals surface area (Å²) in [6.07, 6.45) is 1.52. The monoisotopic (exact) mass is 260 g/mol. The second kappa shape index (κ2) is 5.16. The average Bonchev–Trinajstić information content (AvgIpc) is 2.59. The summed E-state index contributed by atoms with van der Waals surface area (Å²) >= 11 is 0. The van der Waals surface area contributed by atoms with Crippen LogP contribution in [0.15, 0.2) is 11.2 Å². The van der Waals surface area contributed by atoms with Gasteiger partial charge < -0.3 is 10.3 Å². The van der Waals surface area contributed by atoms with Crippen molar-refractivity contribution in [3.63, 3.8) is 0 Å². The van der Waals surface area contributed by atoms with Gasteiger partial charge in [0.25, 0.3) is 10.0 Å². The molecule has 0 aliphatic heterocycles. The number of rotatable bonds is 5. The normalized spacial score (nSPS) is 14.2. The lowest BCUT2D eigenvalue weighted by atomic mass is 10.2. The van der Waals surface area contributed by atoms with Crippen molar-refractivity contribution in [2.45, 2.75) is 18.9 Å². The van der Waals surface area contributed by atoms with E-state index in [1.54, 1.807) is 25.6 Å². The summed E-state index contributed by atoms with van der Waals surface area (Å²) in [5, 5.41) is 0.0872. The SMILES string of the molecule is Cc1nc(S(=O)(=O)N(C)CC(C)CN)cn1C. The van der Waals surface area contributed by atoms with E-state index < -0.39 is 10.0 Å². The van der Waals surface area contributed by atoms with Gasteiger partial charge in [-0.25, -0.2) is 13.4 Å². The lowest BCUT2D eigenvalue weighted by Gasteiger charge is -2.18. The number of nitrogens with two attached hydrogens (primary N) is 1. The molecule has 2 N–H and O–H groups in total. The van der Waals surface area contributed by atoms with Crippen LogP contribution in [-0.2, 0) is 17.1 Å². The molecule has 98 valence electrons. The first-order valence-corrected chi connectivity index (χ1v) is 6.89. The highest BCUT2D eigenvalue weighted by atomic mass is 32.2. The highest BCUT2D eigenvalue weighted by Crippen LogP contribution is 2.14. The minimum atomic E-state index is -3.50. The fraction of sp³-hybridized carbons (Fsp3) is 0.700. The molecular formula is C10H20N4O2S. The molecule has 1 heterocycles. The van der Waals surface area contributed by atoms with Crippen LogP contribution in [0, 0.1) is 12.8 Å². The molecule has 1 rings (SSSR count). The fourth-order valence-electron chi connectivity index (χ4n) is 1.42. The van der Waals surface area contributed by atoms with Gasteiger partial charge in [0.1, 0.15) is 5.82 Å². The summed E-state index contributed by atoms with van der Waals surface area (Å²) in [6.45, 7) is 4.53. The van der Waals surface area contributed by atoms with Crippen molar-refractivity contribution in [1.82, 2.24) is 13.9 Å². The lowest BCUT2D eigenvalue weighted by Crippen LogP contribution is -2.33. The van der Waals surface area contributed by atoms with Crippen LogP contribution >= 0.6 is 0 Å². The Bertz CT molecular complexity index is 461. The first-order chi connectivity index (χ1) is 7.78. The summed E-state index contributed by atoms with van der Waals surface area (Å²) in [6, 6.07) is 0. The molecule has 0 radical (unpaired) electrons. The Balaban J connectivity index is 2.95. The topological polar surface area (TPSA) is 81.2 Å². The lowest BCUT2D eigenvalue weighted by molar-refractivity contribution is 0.403. The van der Waals surface area contributed by atoms with Crippen molar-refractivity contribution < 1.29 is 8.42 Å². The van der Waals surface area contributed by atoms with Crippen molar-refractivity contribution in [3.8, 4) is 0 Å². The maximum Gasteiger partial charge on any atom is 0.261 e. The number of imidazole rings is 1. The number of hydrogen-bond acceptors (Lipinski definition) is 4. The van der Waals surface area contributed by atoms with E-state index in [1.165, 1.54) is 10.5 Å². The highest BCUT2D eigenvalue weighted by molar-refractivity contribution is 7.89. The van der Waals surface area contributed by atoms with E-state index in [0.29, 0.717) is 18.9 Å². The third-order valence-corrected chi connectivity index (χ3v) is 4.43. The maximum absolute atomic E-state index is 12.2.